The summed E-state index contributed by atoms with van der Waals surface area (Å²) in [5.41, 5.74) is 0. The SMILES string of the molecule is [Ba+2].[Ba+2].[Ba+2].[O-2].[O-2].[O-2].[O-2].[O-2].[O-2].[O-2].[O-2].[V].[V]. The standard InChI is InChI=1S/3Ba.8O.2V/q3*+2;8*-2;;. The van der Waals surface area contributed by atoms with Crippen molar-refractivity contribution < 1.29 is 80.9 Å². The zero-order chi connectivity index (χ0) is 0. The van der Waals surface area contributed by atoms with E-state index in [-0.39, 0.29) is 228 Å². The average Bonchev–Trinajstić information content (AvgIpc) is 0. The predicted octanol–water partition coefficient (Wildman–Crippen LogP) is -2.10. The summed E-state index contributed by atoms with van der Waals surface area (Å²) in [5, 5.41) is 0. The van der Waals surface area contributed by atoms with E-state index in [1.807, 2.05) is 0 Å². The Morgan fingerprint density at radius 1 is 0.231 bits per heavy atom. The Hall–Kier alpha value is 5.56. The third-order valence-electron chi connectivity index (χ3n) is 0. The molecule has 0 saturated carbocycles. The molecule has 74 valence electrons. The Kier molecular flexibility index (Phi) is 2220. The van der Waals surface area contributed by atoms with Crippen molar-refractivity contribution in [1.82, 2.24) is 0 Å². The van der Waals surface area contributed by atoms with E-state index in [9.17, 15) is 0 Å². The summed E-state index contributed by atoms with van der Waals surface area (Å²) in [6.07, 6.45) is 0. The van der Waals surface area contributed by atoms with Crippen LogP contribution in [0.2, 0.25) is 0 Å². The van der Waals surface area contributed by atoms with Crippen LogP contribution in [0.3, 0.4) is 0 Å². The van der Waals surface area contributed by atoms with Gasteiger partial charge in [0.25, 0.3) is 0 Å². The fraction of sp³-hybridized carbons (Fsp3) is 0. The van der Waals surface area contributed by atoms with E-state index in [4.69, 9.17) is 0 Å². The van der Waals surface area contributed by atoms with E-state index in [1.165, 1.54) is 0 Å². The van der Waals surface area contributed by atoms with Gasteiger partial charge in [0.05, 0.1) is 0 Å². The van der Waals surface area contributed by atoms with Crippen LogP contribution in [0.25, 0.3) is 0 Å². The molecule has 13 heavy (non-hydrogen) atoms. The van der Waals surface area contributed by atoms with Gasteiger partial charge in [-0.1, -0.05) is 0 Å². The van der Waals surface area contributed by atoms with Crippen LogP contribution in [-0.2, 0) is 80.9 Å². The van der Waals surface area contributed by atoms with Crippen molar-refractivity contribution in [3.8, 4) is 0 Å². The van der Waals surface area contributed by atoms with Gasteiger partial charge < -0.3 is 43.8 Å². The molecule has 2 radical (unpaired) electrons. The molecule has 0 saturated heterocycles. The topological polar surface area (TPSA) is 228 Å². The van der Waals surface area contributed by atoms with Crippen molar-refractivity contribution in [1.29, 1.82) is 0 Å². The molecule has 0 heterocycles. The fourth-order valence-electron chi connectivity index (χ4n) is 0. The molecule has 0 spiro atoms. The maximum Gasteiger partial charge on any atom is 2.00 e. The summed E-state index contributed by atoms with van der Waals surface area (Å²) in [4.78, 5) is 0. The van der Waals surface area contributed by atoms with Crippen molar-refractivity contribution in [3.63, 3.8) is 0 Å². The molecule has 0 bridgehead atoms. The molecule has 13 heteroatoms. The first-order valence-corrected chi connectivity index (χ1v) is 0. The van der Waals surface area contributed by atoms with Gasteiger partial charge in [0, 0.05) is 37.1 Å². The Balaban J connectivity index is 0. The Morgan fingerprint density at radius 3 is 0.231 bits per heavy atom. The minimum Gasteiger partial charge on any atom is -2.00 e. The summed E-state index contributed by atoms with van der Waals surface area (Å²) in [6.45, 7) is 0. The Labute approximate surface area is 221 Å². The zero-order valence-electron chi connectivity index (χ0n) is 6.28. The first-order valence-electron chi connectivity index (χ1n) is 0. The molecule has 0 unspecified atom stereocenters. The van der Waals surface area contributed by atoms with Crippen LogP contribution in [0.1, 0.15) is 0 Å². The van der Waals surface area contributed by atoms with E-state index in [0.29, 0.717) is 0 Å². The summed E-state index contributed by atoms with van der Waals surface area (Å²) in [6, 6.07) is 0. The van der Waals surface area contributed by atoms with Crippen molar-refractivity contribution in [3.05, 3.63) is 0 Å². The first kappa shape index (κ1) is 185. The quantitative estimate of drug-likeness (QED) is 0.259. The molecule has 0 atom stereocenters. The van der Waals surface area contributed by atoms with Crippen molar-refractivity contribution in [2.75, 3.05) is 0 Å². The second-order valence-electron chi connectivity index (χ2n) is 0. The molecule has 0 fully saturated rings. The molecule has 0 rings (SSSR count). The molecular weight excluding hydrogens is 642 g/mol. The summed E-state index contributed by atoms with van der Waals surface area (Å²) in [7, 11) is 0. The van der Waals surface area contributed by atoms with Gasteiger partial charge in [0.1, 0.15) is 0 Å². The minimum absolute atomic E-state index is 0. The number of hydrogen-bond acceptors (Lipinski definition) is 0. The first-order chi connectivity index (χ1) is 0. The second-order valence-corrected chi connectivity index (χ2v) is 0. The monoisotopic (exact) mass is 644 g/mol. The molecular formula is Ba3O8V2-10. The molecule has 0 aromatic rings. The Bertz CT molecular complexity index is 17.4. The van der Waals surface area contributed by atoms with Crippen LogP contribution >= 0.6 is 0 Å². The van der Waals surface area contributed by atoms with Gasteiger partial charge in [-0.3, -0.25) is 0 Å². The van der Waals surface area contributed by atoms with Gasteiger partial charge in [-0.05, 0) is 0 Å². The van der Waals surface area contributed by atoms with Gasteiger partial charge in [0.15, 0.2) is 0 Å². The maximum atomic E-state index is 0. The molecule has 0 aliphatic heterocycles. The van der Waals surface area contributed by atoms with Crippen LogP contribution in [0.15, 0.2) is 0 Å². The van der Waals surface area contributed by atoms with E-state index in [2.05, 4.69) is 0 Å². The summed E-state index contributed by atoms with van der Waals surface area (Å²) in [5.74, 6) is 0. The van der Waals surface area contributed by atoms with Gasteiger partial charge in [-0.25, -0.2) is 0 Å². The molecule has 0 aromatic heterocycles. The third kappa shape index (κ3) is 137. The predicted molar refractivity (Wildman–Crippen MR) is 22.8 cm³/mol. The molecule has 0 amide bonds. The van der Waals surface area contributed by atoms with Gasteiger partial charge in [-0.2, -0.15) is 0 Å². The number of hydrogen-bond donors (Lipinski definition) is 0. The van der Waals surface area contributed by atoms with E-state index in [1.54, 1.807) is 0 Å². The largest absolute Gasteiger partial charge is 2.00 e. The van der Waals surface area contributed by atoms with Crippen LogP contribution in [0, 0.1) is 0 Å². The second kappa shape index (κ2) is 156. The summed E-state index contributed by atoms with van der Waals surface area (Å²) < 4.78 is 0. The van der Waals surface area contributed by atoms with E-state index < -0.39 is 0 Å². The maximum absolute atomic E-state index is 0. The van der Waals surface area contributed by atoms with Crippen LogP contribution in [-0.4, -0.2) is 147 Å². The molecule has 8 nitrogen and oxygen atoms in total. The van der Waals surface area contributed by atoms with Crippen molar-refractivity contribution in [2.45, 2.75) is 0 Å². The van der Waals surface area contributed by atoms with Crippen molar-refractivity contribution in [2.24, 2.45) is 0 Å². The van der Waals surface area contributed by atoms with Gasteiger partial charge >= 0.3 is 147 Å². The fourth-order valence-corrected chi connectivity index (χ4v) is 0. The minimum atomic E-state index is 0. The molecule has 0 aromatic carbocycles. The molecule has 0 N–H and O–H groups in total. The normalized spacial score (nSPS) is 0. The van der Waals surface area contributed by atoms with Crippen LogP contribution in [0.4, 0.5) is 0 Å². The van der Waals surface area contributed by atoms with Gasteiger partial charge in [0.2, 0.25) is 0 Å². The number of rotatable bonds is 0. The molecule has 0 aliphatic carbocycles. The Morgan fingerprint density at radius 2 is 0.231 bits per heavy atom. The zero-order valence-corrected chi connectivity index (χ0v) is 22.4. The van der Waals surface area contributed by atoms with Crippen LogP contribution < -0.4 is 0 Å². The smallest absolute Gasteiger partial charge is 2.00 e. The molecule has 0 aliphatic rings. The average molecular weight is 642 g/mol. The van der Waals surface area contributed by atoms with E-state index >= 15 is 0 Å². The summed E-state index contributed by atoms with van der Waals surface area (Å²) >= 11 is 0. The van der Waals surface area contributed by atoms with Crippen molar-refractivity contribution >= 4 is 147 Å². The van der Waals surface area contributed by atoms with Gasteiger partial charge in [-0.15, -0.1) is 0 Å². The third-order valence-corrected chi connectivity index (χ3v) is 0. The van der Waals surface area contributed by atoms with E-state index in [0.717, 1.165) is 0 Å². The van der Waals surface area contributed by atoms with Crippen LogP contribution in [0.5, 0.6) is 0 Å².